The number of hydrogen-bond acceptors (Lipinski definition) is 4. The smallest absolute Gasteiger partial charge is 0.206 e. The molecule has 0 atom stereocenters. The minimum absolute atomic E-state index is 0.603. The van der Waals surface area contributed by atoms with Crippen molar-refractivity contribution >= 4 is 32.4 Å². The molecule has 0 saturated heterocycles. The highest BCUT2D eigenvalue weighted by Gasteiger charge is 2.18. The Morgan fingerprint density at radius 2 is 2.00 bits per heavy atom. The molecule has 5 heteroatoms. The predicted molar refractivity (Wildman–Crippen MR) is 62.7 cm³/mol. The number of hydrogen-bond donors (Lipinski definition) is 1. The van der Waals surface area contributed by atoms with Crippen molar-refractivity contribution in [1.29, 1.82) is 0 Å². The second-order valence-electron chi connectivity index (χ2n) is 3.96. The van der Waals surface area contributed by atoms with Gasteiger partial charge in [0.15, 0.2) is 3.92 Å². The Bertz CT molecular complexity index is 294. The molecule has 0 spiro atoms. The Balaban J connectivity index is 1.86. The van der Waals surface area contributed by atoms with Crippen molar-refractivity contribution in [2.24, 2.45) is 5.92 Å². The molecule has 0 aliphatic heterocycles. The largest absolute Gasteiger partial charge is 0.357 e. The number of nitrogens with one attached hydrogen (secondary N) is 1. The highest BCUT2D eigenvalue weighted by atomic mass is 79.9. The van der Waals surface area contributed by atoms with Crippen LogP contribution in [0.4, 0.5) is 5.13 Å². The number of anilines is 1. The van der Waals surface area contributed by atoms with Gasteiger partial charge in [-0.2, -0.15) is 0 Å². The van der Waals surface area contributed by atoms with E-state index in [1.165, 1.54) is 25.7 Å². The van der Waals surface area contributed by atoms with Crippen molar-refractivity contribution in [3.8, 4) is 0 Å². The molecule has 0 amide bonds. The molecule has 1 saturated carbocycles. The van der Waals surface area contributed by atoms with Crippen LogP contribution < -0.4 is 5.32 Å². The first-order chi connectivity index (χ1) is 6.74. The van der Waals surface area contributed by atoms with E-state index in [4.69, 9.17) is 0 Å². The van der Waals surface area contributed by atoms with Crippen LogP contribution in [0.5, 0.6) is 0 Å². The SMILES string of the molecule is CC1CCC(Nc2nnc(Br)s2)CC1. The molecule has 14 heavy (non-hydrogen) atoms. The van der Waals surface area contributed by atoms with E-state index in [0.717, 1.165) is 15.0 Å². The monoisotopic (exact) mass is 275 g/mol. The Morgan fingerprint density at radius 3 is 2.57 bits per heavy atom. The van der Waals surface area contributed by atoms with Crippen molar-refractivity contribution in [2.45, 2.75) is 38.6 Å². The summed E-state index contributed by atoms with van der Waals surface area (Å²) in [5.41, 5.74) is 0. The Kier molecular flexibility index (Phi) is 3.38. The van der Waals surface area contributed by atoms with Gasteiger partial charge in [0.25, 0.3) is 0 Å². The number of rotatable bonds is 2. The van der Waals surface area contributed by atoms with Crippen LogP contribution >= 0.6 is 27.3 Å². The average molecular weight is 276 g/mol. The van der Waals surface area contributed by atoms with Crippen molar-refractivity contribution in [3.05, 3.63) is 3.92 Å². The maximum absolute atomic E-state index is 4.04. The molecule has 0 unspecified atom stereocenters. The van der Waals surface area contributed by atoms with Crippen molar-refractivity contribution in [2.75, 3.05) is 5.32 Å². The molecule has 3 nitrogen and oxygen atoms in total. The van der Waals surface area contributed by atoms with Gasteiger partial charge in [-0.05, 0) is 47.5 Å². The van der Waals surface area contributed by atoms with Gasteiger partial charge < -0.3 is 5.32 Å². The molecule has 1 N–H and O–H groups in total. The number of aromatic nitrogens is 2. The van der Waals surface area contributed by atoms with E-state index in [2.05, 4.69) is 38.4 Å². The molecule has 0 radical (unpaired) electrons. The molecule has 1 aliphatic carbocycles. The Labute approximate surface area is 96.4 Å². The zero-order chi connectivity index (χ0) is 9.97. The molecule has 78 valence electrons. The summed E-state index contributed by atoms with van der Waals surface area (Å²) in [5, 5.41) is 12.3. The van der Waals surface area contributed by atoms with Crippen LogP contribution in [-0.2, 0) is 0 Å². The third-order valence-electron chi connectivity index (χ3n) is 2.74. The van der Waals surface area contributed by atoms with E-state index in [9.17, 15) is 0 Å². The van der Waals surface area contributed by atoms with Crippen LogP contribution in [0.15, 0.2) is 3.92 Å². The fraction of sp³-hybridized carbons (Fsp3) is 0.778. The van der Waals surface area contributed by atoms with Gasteiger partial charge in [0.1, 0.15) is 0 Å². The predicted octanol–water partition coefficient (Wildman–Crippen LogP) is 3.29. The maximum atomic E-state index is 4.04. The minimum atomic E-state index is 0.603. The lowest BCUT2D eigenvalue weighted by Gasteiger charge is -2.26. The van der Waals surface area contributed by atoms with Gasteiger partial charge in [-0.15, -0.1) is 10.2 Å². The molecule has 0 bridgehead atoms. The second kappa shape index (κ2) is 4.57. The first kappa shape index (κ1) is 10.4. The molecule has 1 fully saturated rings. The van der Waals surface area contributed by atoms with E-state index < -0.39 is 0 Å². The molecular formula is C9H14BrN3S. The molecule has 2 rings (SSSR count). The maximum Gasteiger partial charge on any atom is 0.206 e. The quantitative estimate of drug-likeness (QED) is 0.900. The summed E-state index contributed by atoms with van der Waals surface area (Å²) in [6, 6.07) is 0.603. The lowest BCUT2D eigenvalue weighted by molar-refractivity contribution is 0.361. The second-order valence-corrected chi connectivity index (χ2v) is 6.21. The summed E-state index contributed by atoms with van der Waals surface area (Å²) >= 11 is 4.88. The molecule has 1 heterocycles. The average Bonchev–Trinajstić information content (AvgIpc) is 2.56. The molecule has 1 aliphatic rings. The Hall–Kier alpha value is -0.160. The molecule has 1 aromatic rings. The summed E-state index contributed by atoms with van der Waals surface area (Å²) in [7, 11) is 0. The number of nitrogens with zero attached hydrogens (tertiary/aromatic N) is 2. The van der Waals surface area contributed by atoms with Gasteiger partial charge in [-0.1, -0.05) is 18.3 Å². The van der Waals surface area contributed by atoms with E-state index >= 15 is 0 Å². The van der Waals surface area contributed by atoms with Crippen molar-refractivity contribution in [1.82, 2.24) is 10.2 Å². The third kappa shape index (κ3) is 2.67. The van der Waals surface area contributed by atoms with Crippen molar-refractivity contribution in [3.63, 3.8) is 0 Å². The van der Waals surface area contributed by atoms with Crippen LogP contribution in [-0.4, -0.2) is 16.2 Å². The van der Waals surface area contributed by atoms with Crippen LogP contribution in [0, 0.1) is 5.92 Å². The summed E-state index contributed by atoms with van der Waals surface area (Å²) < 4.78 is 0.851. The van der Waals surface area contributed by atoms with E-state index in [0.29, 0.717) is 6.04 Å². The van der Waals surface area contributed by atoms with Crippen LogP contribution in [0.25, 0.3) is 0 Å². The summed E-state index contributed by atoms with van der Waals surface area (Å²) in [6.07, 6.45) is 5.19. The fourth-order valence-electron chi connectivity index (χ4n) is 1.84. The van der Waals surface area contributed by atoms with E-state index in [-0.39, 0.29) is 0 Å². The zero-order valence-electron chi connectivity index (χ0n) is 8.16. The summed E-state index contributed by atoms with van der Waals surface area (Å²) in [5.74, 6) is 0.897. The van der Waals surface area contributed by atoms with Gasteiger partial charge in [0.05, 0.1) is 0 Å². The van der Waals surface area contributed by atoms with Gasteiger partial charge in [0.2, 0.25) is 5.13 Å². The van der Waals surface area contributed by atoms with Gasteiger partial charge >= 0.3 is 0 Å². The molecular weight excluding hydrogens is 262 g/mol. The number of halogens is 1. The van der Waals surface area contributed by atoms with Gasteiger partial charge in [0, 0.05) is 6.04 Å². The zero-order valence-corrected chi connectivity index (χ0v) is 10.6. The lowest BCUT2D eigenvalue weighted by atomic mass is 9.87. The van der Waals surface area contributed by atoms with Crippen LogP contribution in [0.2, 0.25) is 0 Å². The normalized spacial score (nSPS) is 27.6. The highest BCUT2D eigenvalue weighted by molar-refractivity contribution is 9.11. The van der Waals surface area contributed by atoms with Crippen LogP contribution in [0.3, 0.4) is 0 Å². The van der Waals surface area contributed by atoms with Gasteiger partial charge in [-0.3, -0.25) is 0 Å². The minimum Gasteiger partial charge on any atom is -0.357 e. The van der Waals surface area contributed by atoms with Crippen LogP contribution in [0.1, 0.15) is 32.6 Å². The standard InChI is InChI=1S/C9H14BrN3S/c1-6-2-4-7(5-3-6)11-9-13-12-8(10)14-9/h6-7H,2-5H2,1H3,(H,11,13). The Morgan fingerprint density at radius 1 is 1.29 bits per heavy atom. The fourth-order valence-corrected chi connectivity index (χ4v) is 2.93. The first-order valence-corrected chi connectivity index (χ1v) is 6.60. The first-order valence-electron chi connectivity index (χ1n) is 4.99. The summed E-state index contributed by atoms with van der Waals surface area (Å²) in [4.78, 5) is 0. The van der Waals surface area contributed by atoms with E-state index in [1.54, 1.807) is 11.3 Å². The summed E-state index contributed by atoms with van der Waals surface area (Å²) in [6.45, 7) is 2.33. The molecule has 1 aromatic heterocycles. The van der Waals surface area contributed by atoms with Crippen molar-refractivity contribution < 1.29 is 0 Å². The molecule has 0 aromatic carbocycles. The highest BCUT2D eigenvalue weighted by Crippen LogP contribution is 2.27. The third-order valence-corrected chi connectivity index (χ3v) is 4.03. The van der Waals surface area contributed by atoms with Gasteiger partial charge in [-0.25, -0.2) is 0 Å². The van der Waals surface area contributed by atoms with E-state index in [1.807, 2.05) is 0 Å². The topological polar surface area (TPSA) is 37.8 Å². The lowest BCUT2D eigenvalue weighted by Crippen LogP contribution is -2.25.